The van der Waals surface area contributed by atoms with Gasteiger partial charge in [-0.15, -0.1) is 0 Å². The number of esters is 1. The highest BCUT2D eigenvalue weighted by molar-refractivity contribution is 8.00. The van der Waals surface area contributed by atoms with Crippen LogP contribution in [0.15, 0.2) is 29.2 Å². The van der Waals surface area contributed by atoms with Crippen LogP contribution in [0.4, 0.5) is 13.2 Å². The third-order valence-corrected chi connectivity index (χ3v) is 3.65. The van der Waals surface area contributed by atoms with Gasteiger partial charge in [0.15, 0.2) is 0 Å². The van der Waals surface area contributed by atoms with Crippen molar-refractivity contribution in [3.8, 4) is 0 Å². The Morgan fingerprint density at radius 3 is 2.24 bits per heavy atom. The zero-order chi connectivity index (χ0) is 16.3. The number of benzene rings is 1. The number of hydrogen-bond donors (Lipinski definition) is 1. The SMILES string of the molecule is CCOC(=O)C(C)(C)C(O)c1ccc(SC(F)(F)F)cc1. The first-order valence-corrected chi connectivity index (χ1v) is 7.10. The number of carbonyl (C=O) groups is 1. The van der Waals surface area contributed by atoms with E-state index in [1.165, 1.54) is 38.1 Å². The molecule has 0 aromatic heterocycles. The molecule has 3 nitrogen and oxygen atoms in total. The van der Waals surface area contributed by atoms with Gasteiger partial charge in [0.05, 0.1) is 18.1 Å². The molecule has 7 heteroatoms. The summed E-state index contributed by atoms with van der Waals surface area (Å²) in [5, 5.41) is 10.2. The molecular formula is C14H17F3O3S. The van der Waals surface area contributed by atoms with Crippen molar-refractivity contribution in [3.63, 3.8) is 0 Å². The highest BCUT2D eigenvalue weighted by atomic mass is 32.2. The number of rotatable bonds is 5. The van der Waals surface area contributed by atoms with Crippen molar-refractivity contribution in [2.45, 2.75) is 37.3 Å². The summed E-state index contributed by atoms with van der Waals surface area (Å²) in [6, 6.07) is 5.27. The topological polar surface area (TPSA) is 46.5 Å². The fourth-order valence-electron chi connectivity index (χ4n) is 1.70. The number of ether oxygens (including phenoxy) is 1. The van der Waals surface area contributed by atoms with Crippen molar-refractivity contribution in [2.24, 2.45) is 5.41 Å². The van der Waals surface area contributed by atoms with Gasteiger partial charge in [0.25, 0.3) is 0 Å². The first-order chi connectivity index (χ1) is 9.58. The Morgan fingerprint density at radius 2 is 1.81 bits per heavy atom. The van der Waals surface area contributed by atoms with E-state index in [1.54, 1.807) is 6.92 Å². The average molecular weight is 322 g/mol. The number of aliphatic hydroxyl groups is 1. The van der Waals surface area contributed by atoms with E-state index in [0.29, 0.717) is 5.56 Å². The lowest BCUT2D eigenvalue weighted by molar-refractivity contribution is -0.160. The minimum absolute atomic E-state index is 0.0207. The third-order valence-electron chi connectivity index (χ3n) is 2.91. The number of hydrogen-bond acceptors (Lipinski definition) is 4. The molecule has 1 aromatic rings. The van der Waals surface area contributed by atoms with Crippen molar-refractivity contribution >= 4 is 17.7 Å². The monoisotopic (exact) mass is 322 g/mol. The third kappa shape index (κ3) is 4.93. The molecule has 1 rings (SSSR count). The van der Waals surface area contributed by atoms with Gasteiger partial charge in [0.1, 0.15) is 0 Å². The van der Waals surface area contributed by atoms with Crippen LogP contribution in [0.5, 0.6) is 0 Å². The fraction of sp³-hybridized carbons (Fsp3) is 0.500. The number of alkyl halides is 3. The molecule has 0 spiro atoms. The molecule has 0 bridgehead atoms. The predicted molar refractivity (Wildman–Crippen MR) is 73.7 cm³/mol. The quantitative estimate of drug-likeness (QED) is 0.659. The molecule has 21 heavy (non-hydrogen) atoms. The van der Waals surface area contributed by atoms with Gasteiger partial charge >= 0.3 is 11.5 Å². The number of aliphatic hydroxyl groups excluding tert-OH is 1. The Bertz CT molecular complexity index is 483. The normalized spacial score (nSPS) is 13.9. The second-order valence-corrected chi connectivity index (χ2v) is 6.10. The van der Waals surface area contributed by atoms with Crippen molar-refractivity contribution in [1.82, 2.24) is 0 Å². The summed E-state index contributed by atoms with van der Waals surface area (Å²) in [4.78, 5) is 11.8. The largest absolute Gasteiger partial charge is 0.465 e. The summed E-state index contributed by atoms with van der Waals surface area (Å²) in [5.41, 5.74) is -5.18. The molecule has 0 heterocycles. The van der Waals surface area contributed by atoms with E-state index >= 15 is 0 Å². The zero-order valence-corrected chi connectivity index (χ0v) is 12.7. The van der Waals surface area contributed by atoms with E-state index < -0.39 is 23.0 Å². The van der Waals surface area contributed by atoms with E-state index in [0.717, 1.165) is 0 Å². The molecule has 0 amide bonds. The van der Waals surface area contributed by atoms with E-state index in [4.69, 9.17) is 4.74 Å². The summed E-state index contributed by atoms with van der Waals surface area (Å²) >= 11 is -0.230. The van der Waals surface area contributed by atoms with Crippen LogP contribution in [0.1, 0.15) is 32.4 Å². The molecule has 0 saturated heterocycles. The van der Waals surface area contributed by atoms with Gasteiger partial charge in [0, 0.05) is 4.90 Å². The second kappa shape index (κ2) is 6.70. The van der Waals surface area contributed by atoms with Crippen LogP contribution < -0.4 is 0 Å². The molecule has 1 unspecified atom stereocenters. The molecule has 0 aliphatic heterocycles. The molecule has 0 radical (unpaired) electrons. The van der Waals surface area contributed by atoms with E-state index in [1.807, 2.05) is 0 Å². The van der Waals surface area contributed by atoms with Crippen LogP contribution >= 0.6 is 11.8 Å². The summed E-state index contributed by atoms with van der Waals surface area (Å²) < 4.78 is 41.6. The molecule has 0 saturated carbocycles. The van der Waals surface area contributed by atoms with Gasteiger partial charge in [0.2, 0.25) is 0 Å². The van der Waals surface area contributed by atoms with Crippen LogP contribution in [0.3, 0.4) is 0 Å². The summed E-state index contributed by atoms with van der Waals surface area (Å²) in [6.45, 7) is 4.89. The van der Waals surface area contributed by atoms with Crippen LogP contribution in [0.2, 0.25) is 0 Å². The van der Waals surface area contributed by atoms with Crippen molar-refractivity contribution in [3.05, 3.63) is 29.8 Å². The molecule has 0 fully saturated rings. The minimum Gasteiger partial charge on any atom is -0.465 e. The highest BCUT2D eigenvalue weighted by Crippen LogP contribution is 2.39. The lowest BCUT2D eigenvalue weighted by Gasteiger charge is -2.28. The average Bonchev–Trinajstić information content (AvgIpc) is 2.37. The number of carbonyl (C=O) groups excluding carboxylic acids is 1. The first-order valence-electron chi connectivity index (χ1n) is 6.29. The van der Waals surface area contributed by atoms with E-state index in [9.17, 15) is 23.1 Å². The molecule has 0 aliphatic carbocycles. The highest BCUT2D eigenvalue weighted by Gasteiger charge is 2.38. The molecule has 1 atom stereocenters. The Kier molecular flexibility index (Phi) is 5.69. The Hall–Kier alpha value is -1.21. The predicted octanol–water partition coefficient (Wildman–Crippen LogP) is 3.92. The van der Waals surface area contributed by atoms with Crippen molar-refractivity contribution in [1.29, 1.82) is 0 Å². The van der Waals surface area contributed by atoms with Gasteiger partial charge in [-0.25, -0.2) is 0 Å². The molecule has 118 valence electrons. The van der Waals surface area contributed by atoms with Crippen LogP contribution in [-0.4, -0.2) is 23.2 Å². The molecule has 1 N–H and O–H groups in total. The Balaban J connectivity index is 2.88. The second-order valence-electron chi connectivity index (χ2n) is 4.96. The van der Waals surface area contributed by atoms with Crippen molar-refractivity contribution in [2.75, 3.05) is 6.61 Å². The smallest absolute Gasteiger partial charge is 0.446 e. The zero-order valence-electron chi connectivity index (χ0n) is 11.9. The van der Waals surface area contributed by atoms with Gasteiger partial charge in [-0.1, -0.05) is 12.1 Å². The maximum absolute atomic E-state index is 12.2. The lowest BCUT2D eigenvalue weighted by Crippen LogP contribution is -2.33. The maximum atomic E-state index is 12.2. The Labute approximate surface area is 125 Å². The summed E-state index contributed by atoms with van der Waals surface area (Å²) in [6.07, 6.45) is -1.17. The molecular weight excluding hydrogens is 305 g/mol. The fourth-order valence-corrected chi connectivity index (χ4v) is 2.24. The maximum Gasteiger partial charge on any atom is 0.446 e. The molecule has 0 aliphatic rings. The van der Waals surface area contributed by atoms with Gasteiger partial charge in [-0.05, 0) is 50.2 Å². The van der Waals surface area contributed by atoms with Crippen LogP contribution in [0.25, 0.3) is 0 Å². The number of halogens is 3. The lowest BCUT2D eigenvalue weighted by atomic mass is 9.83. The number of thioether (sulfide) groups is 1. The first kappa shape index (κ1) is 17.8. The van der Waals surface area contributed by atoms with Crippen LogP contribution in [-0.2, 0) is 9.53 Å². The minimum atomic E-state index is -4.36. The Morgan fingerprint density at radius 1 is 1.29 bits per heavy atom. The van der Waals surface area contributed by atoms with Gasteiger partial charge in [-0.2, -0.15) is 13.2 Å². The van der Waals surface area contributed by atoms with Gasteiger partial charge < -0.3 is 9.84 Å². The van der Waals surface area contributed by atoms with E-state index in [2.05, 4.69) is 0 Å². The summed E-state index contributed by atoms with van der Waals surface area (Å²) in [7, 11) is 0. The van der Waals surface area contributed by atoms with Crippen LogP contribution in [0, 0.1) is 5.41 Å². The summed E-state index contributed by atoms with van der Waals surface area (Å²) in [5.74, 6) is -0.564. The standard InChI is InChI=1S/C14H17F3O3S/c1-4-20-12(19)13(2,3)11(18)9-5-7-10(8-6-9)21-14(15,16)17/h5-8,11,18H,4H2,1-3H3. The van der Waals surface area contributed by atoms with E-state index in [-0.39, 0.29) is 23.3 Å². The van der Waals surface area contributed by atoms with Gasteiger partial charge in [-0.3, -0.25) is 4.79 Å². The van der Waals surface area contributed by atoms with Crippen molar-refractivity contribution < 1.29 is 27.8 Å². The molecule has 1 aromatic carbocycles.